The van der Waals surface area contributed by atoms with Crippen molar-refractivity contribution in [1.82, 2.24) is 9.80 Å². The molecule has 1 atom stereocenters. The quantitative estimate of drug-likeness (QED) is 0.765. The average Bonchev–Trinajstić information content (AvgIpc) is 3.25. The molecule has 0 saturated carbocycles. The minimum atomic E-state index is 0.0212. The molecule has 1 saturated heterocycles. The standard InChI is InChI=1S/C20H24N2O2/c1-21(20(23)10-9-19-8-5-13-24-19)14-18-11-12-22(16-18)15-17-6-3-2-4-7-17/h2-10,13,18H,11-12,14-16H2,1H3/b10-9+. The van der Waals surface area contributed by atoms with Crippen molar-refractivity contribution >= 4 is 12.0 Å². The Bertz CT molecular complexity index is 664. The first-order valence-electron chi connectivity index (χ1n) is 8.43. The summed E-state index contributed by atoms with van der Waals surface area (Å²) in [5, 5.41) is 0. The van der Waals surface area contributed by atoms with Crippen molar-refractivity contribution < 1.29 is 9.21 Å². The lowest BCUT2D eigenvalue weighted by atomic mass is 10.1. The second kappa shape index (κ2) is 7.97. The normalized spacial score (nSPS) is 18.3. The summed E-state index contributed by atoms with van der Waals surface area (Å²) < 4.78 is 5.20. The van der Waals surface area contributed by atoms with E-state index in [4.69, 9.17) is 4.42 Å². The molecule has 2 aromatic rings. The Kier molecular flexibility index (Phi) is 5.49. The Labute approximate surface area is 143 Å². The molecule has 126 valence electrons. The Balaban J connectivity index is 1.45. The van der Waals surface area contributed by atoms with E-state index in [9.17, 15) is 4.79 Å². The van der Waals surface area contributed by atoms with Crippen LogP contribution in [-0.4, -0.2) is 42.4 Å². The van der Waals surface area contributed by atoms with Gasteiger partial charge in [-0.1, -0.05) is 30.3 Å². The number of furan rings is 1. The zero-order valence-corrected chi connectivity index (χ0v) is 14.1. The molecule has 3 rings (SSSR count). The third kappa shape index (κ3) is 4.59. The fraction of sp³-hybridized carbons (Fsp3) is 0.350. The van der Waals surface area contributed by atoms with Crippen molar-refractivity contribution in [3.63, 3.8) is 0 Å². The van der Waals surface area contributed by atoms with Crippen LogP contribution in [0.25, 0.3) is 6.08 Å². The summed E-state index contributed by atoms with van der Waals surface area (Å²) in [6.07, 6.45) is 6.05. The van der Waals surface area contributed by atoms with Crippen molar-refractivity contribution in [3.05, 3.63) is 66.1 Å². The highest BCUT2D eigenvalue weighted by Gasteiger charge is 2.24. The van der Waals surface area contributed by atoms with Crippen molar-refractivity contribution in [3.8, 4) is 0 Å². The van der Waals surface area contributed by atoms with Gasteiger partial charge in [-0.2, -0.15) is 0 Å². The van der Waals surface area contributed by atoms with Gasteiger partial charge in [0.1, 0.15) is 5.76 Å². The number of nitrogens with zero attached hydrogens (tertiary/aromatic N) is 2. The number of carbonyl (C=O) groups excluding carboxylic acids is 1. The van der Waals surface area contributed by atoms with E-state index in [2.05, 4.69) is 29.2 Å². The Morgan fingerprint density at radius 1 is 1.29 bits per heavy atom. The fourth-order valence-electron chi connectivity index (χ4n) is 3.19. The molecule has 2 heterocycles. The van der Waals surface area contributed by atoms with Gasteiger partial charge in [0.15, 0.2) is 0 Å². The maximum absolute atomic E-state index is 12.2. The molecular formula is C20H24N2O2. The van der Waals surface area contributed by atoms with Gasteiger partial charge in [0.2, 0.25) is 5.91 Å². The molecule has 1 amide bonds. The van der Waals surface area contributed by atoms with Crippen LogP contribution in [0, 0.1) is 5.92 Å². The number of hydrogen-bond acceptors (Lipinski definition) is 3. The smallest absolute Gasteiger partial charge is 0.246 e. The van der Waals surface area contributed by atoms with E-state index < -0.39 is 0 Å². The predicted octanol–water partition coefficient (Wildman–Crippen LogP) is 3.27. The van der Waals surface area contributed by atoms with Gasteiger partial charge in [0.05, 0.1) is 6.26 Å². The molecule has 24 heavy (non-hydrogen) atoms. The number of likely N-dealkylation sites (tertiary alicyclic amines) is 1. The summed E-state index contributed by atoms with van der Waals surface area (Å²) in [5.41, 5.74) is 1.35. The van der Waals surface area contributed by atoms with Gasteiger partial charge < -0.3 is 9.32 Å². The number of carbonyl (C=O) groups is 1. The molecule has 0 radical (unpaired) electrons. The Morgan fingerprint density at radius 2 is 2.12 bits per heavy atom. The summed E-state index contributed by atoms with van der Waals surface area (Å²) in [4.78, 5) is 16.5. The SMILES string of the molecule is CN(CC1CCN(Cc2ccccc2)C1)C(=O)/C=C/c1ccco1. The average molecular weight is 324 g/mol. The van der Waals surface area contributed by atoms with Crippen LogP contribution in [0.2, 0.25) is 0 Å². The van der Waals surface area contributed by atoms with E-state index in [-0.39, 0.29) is 5.91 Å². The Morgan fingerprint density at radius 3 is 2.88 bits per heavy atom. The number of amides is 1. The second-order valence-corrected chi connectivity index (χ2v) is 6.44. The topological polar surface area (TPSA) is 36.7 Å². The van der Waals surface area contributed by atoms with Crippen LogP contribution in [0.1, 0.15) is 17.7 Å². The molecule has 1 aromatic carbocycles. The van der Waals surface area contributed by atoms with Crippen LogP contribution < -0.4 is 0 Å². The highest BCUT2D eigenvalue weighted by molar-refractivity contribution is 5.91. The maximum Gasteiger partial charge on any atom is 0.246 e. The summed E-state index contributed by atoms with van der Waals surface area (Å²) >= 11 is 0. The van der Waals surface area contributed by atoms with Crippen LogP contribution in [0.3, 0.4) is 0 Å². The first kappa shape index (κ1) is 16.5. The van der Waals surface area contributed by atoms with E-state index in [1.165, 1.54) is 5.56 Å². The molecule has 0 N–H and O–H groups in total. The minimum Gasteiger partial charge on any atom is -0.465 e. The summed E-state index contributed by atoms with van der Waals surface area (Å²) in [5.74, 6) is 1.26. The highest BCUT2D eigenvalue weighted by atomic mass is 16.3. The van der Waals surface area contributed by atoms with Gasteiger partial charge in [-0.3, -0.25) is 9.69 Å². The van der Waals surface area contributed by atoms with Gasteiger partial charge in [-0.15, -0.1) is 0 Å². The summed E-state index contributed by atoms with van der Waals surface area (Å²) in [6, 6.07) is 14.2. The summed E-state index contributed by atoms with van der Waals surface area (Å²) in [6.45, 7) is 3.94. The van der Waals surface area contributed by atoms with Crippen molar-refractivity contribution in [2.75, 3.05) is 26.7 Å². The van der Waals surface area contributed by atoms with Crippen molar-refractivity contribution in [1.29, 1.82) is 0 Å². The second-order valence-electron chi connectivity index (χ2n) is 6.44. The maximum atomic E-state index is 12.2. The van der Waals surface area contributed by atoms with Crippen LogP contribution >= 0.6 is 0 Å². The van der Waals surface area contributed by atoms with Gasteiger partial charge in [-0.05, 0) is 42.7 Å². The lowest BCUT2D eigenvalue weighted by Crippen LogP contribution is -2.32. The third-order valence-electron chi connectivity index (χ3n) is 4.46. The minimum absolute atomic E-state index is 0.0212. The van der Waals surface area contributed by atoms with Gasteiger partial charge in [-0.25, -0.2) is 0 Å². The van der Waals surface area contributed by atoms with Crippen molar-refractivity contribution in [2.45, 2.75) is 13.0 Å². The molecule has 1 fully saturated rings. The molecule has 4 heteroatoms. The monoisotopic (exact) mass is 324 g/mol. The van der Waals surface area contributed by atoms with Gasteiger partial charge >= 0.3 is 0 Å². The first-order chi connectivity index (χ1) is 11.7. The number of benzene rings is 1. The lowest BCUT2D eigenvalue weighted by Gasteiger charge is -2.21. The third-order valence-corrected chi connectivity index (χ3v) is 4.46. The van der Waals surface area contributed by atoms with Gasteiger partial charge in [0, 0.05) is 32.8 Å². The number of rotatable bonds is 6. The molecule has 1 aliphatic heterocycles. The van der Waals surface area contributed by atoms with Crippen LogP contribution in [0.15, 0.2) is 59.2 Å². The van der Waals surface area contributed by atoms with Crippen LogP contribution in [0.4, 0.5) is 0 Å². The molecule has 1 aliphatic rings. The number of likely N-dealkylation sites (N-methyl/N-ethyl adjacent to an activating group) is 1. The lowest BCUT2D eigenvalue weighted by molar-refractivity contribution is -0.125. The fourth-order valence-corrected chi connectivity index (χ4v) is 3.19. The largest absolute Gasteiger partial charge is 0.465 e. The van der Waals surface area contributed by atoms with Crippen LogP contribution in [0.5, 0.6) is 0 Å². The van der Waals surface area contributed by atoms with Gasteiger partial charge in [0.25, 0.3) is 0 Å². The number of hydrogen-bond donors (Lipinski definition) is 0. The summed E-state index contributed by atoms with van der Waals surface area (Å²) in [7, 11) is 1.87. The van der Waals surface area contributed by atoms with E-state index in [0.29, 0.717) is 11.7 Å². The predicted molar refractivity (Wildman–Crippen MR) is 95.2 cm³/mol. The molecule has 1 unspecified atom stereocenters. The zero-order valence-electron chi connectivity index (χ0n) is 14.1. The molecule has 0 aliphatic carbocycles. The molecule has 4 nitrogen and oxygen atoms in total. The van der Waals surface area contributed by atoms with E-state index in [1.807, 2.05) is 25.2 Å². The van der Waals surface area contributed by atoms with E-state index >= 15 is 0 Å². The van der Waals surface area contributed by atoms with Crippen molar-refractivity contribution in [2.24, 2.45) is 5.92 Å². The first-order valence-corrected chi connectivity index (χ1v) is 8.43. The van der Waals surface area contributed by atoms with E-state index in [1.54, 1.807) is 23.3 Å². The molecule has 0 spiro atoms. The molecular weight excluding hydrogens is 300 g/mol. The van der Waals surface area contributed by atoms with E-state index in [0.717, 1.165) is 32.6 Å². The molecule has 1 aromatic heterocycles. The zero-order chi connectivity index (χ0) is 16.8. The molecule has 0 bridgehead atoms. The van der Waals surface area contributed by atoms with Crippen LogP contribution in [-0.2, 0) is 11.3 Å². The Hall–Kier alpha value is -2.33. The highest BCUT2D eigenvalue weighted by Crippen LogP contribution is 2.19.